The minimum absolute atomic E-state index is 0.0244. The van der Waals surface area contributed by atoms with Crippen molar-refractivity contribution >= 4 is 5.91 Å². The van der Waals surface area contributed by atoms with E-state index in [4.69, 9.17) is 0 Å². The van der Waals surface area contributed by atoms with Crippen molar-refractivity contribution in [2.45, 2.75) is 20.8 Å². The molecule has 3 heteroatoms. The molecule has 64 valence electrons. The van der Waals surface area contributed by atoms with Crippen LogP contribution in [0.1, 0.15) is 20.8 Å². The van der Waals surface area contributed by atoms with Gasteiger partial charge in [0.2, 0.25) is 5.91 Å². The Hall–Kier alpha value is -0.990. The van der Waals surface area contributed by atoms with E-state index in [-0.39, 0.29) is 5.91 Å². The van der Waals surface area contributed by atoms with Gasteiger partial charge in [0.25, 0.3) is 0 Å². The maximum absolute atomic E-state index is 10.6. The SMILES string of the molecule is CC(=O)N/C(C)=C(/C)N(C)C. The fourth-order valence-electron chi connectivity index (χ4n) is 0.690. The number of nitrogens with one attached hydrogen (secondary N) is 1. The van der Waals surface area contributed by atoms with Gasteiger partial charge in [0, 0.05) is 32.4 Å². The summed E-state index contributed by atoms with van der Waals surface area (Å²) in [6.45, 7) is 5.36. The Bertz CT molecular complexity index is 183. The summed E-state index contributed by atoms with van der Waals surface area (Å²) in [6.07, 6.45) is 0. The molecule has 0 aliphatic heterocycles. The molecule has 1 N–H and O–H groups in total. The number of carbonyl (C=O) groups is 1. The molecule has 0 spiro atoms. The molecular weight excluding hydrogens is 140 g/mol. The summed E-state index contributed by atoms with van der Waals surface area (Å²) in [4.78, 5) is 12.6. The highest BCUT2D eigenvalue weighted by atomic mass is 16.1. The Labute approximate surface area is 68.1 Å². The molecular formula is C8H16N2O. The van der Waals surface area contributed by atoms with Crippen molar-refractivity contribution < 1.29 is 4.79 Å². The Morgan fingerprint density at radius 1 is 1.18 bits per heavy atom. The summed E-state index contributed by atoms with van der Waals surface area (Å²) < 4.78 is 0. The summed E-state index contributed by atoms with van der Waals surface area (Å²) in [7, 11) is 3.89. The first-order valence-electron chi connectivity index (χ1n) is 3.57. The second-order valence-electron chi connectivity index (χ2n) is 2.79. The molecule has 11 heavy (non-hydrogen) atoms. The van der Waals surface area contributed by atoms with E-state index in [0.717, 1.165) is 11.4 Å². The van der Waals surface area contributed by atoms with Crippen LogP contribution < -0.4 is 5.32 Å². The Kier molecular flexibility index (Phi) is 3.65. The quantitative estimate of drug-likeness (QED) is 0.645. The summed E-state index contributed by atoms with van der Waals surface area (Å²) in [5.74, 6) is -0.0244. The molecule has 0 aromatic rings. The Morgan fingerprint density at radius 3 is 1.91 bits per heavy atom. The molecule has 0 radical (unpaired) electrons. The third-order valence-electron chi connectivity index (χ3n) is 1.58. The van der Waals surface area contributed by atoms with E-state index in [9.17, 15) is 4.79 Å². The Balaban J connectivity index is 4.28. The fourth-order valence-corrected chi connectivity index (χ4v) is 0.690. The molecule has 0 aliphatic carbocycles. The molecule has 0 bridgehead atoms. The van der Waals surface area contributed by atoms with Crippen molar-refractivity contribution in [3.05, 3.63) is 11.4 Å². The summed E-state index contributed by atoms with van der Waals surface area (Å²) in [6, 6.07) is 0. The van der Waals surface area contributed by atoms with E-state index >= 15 is 0 Å². The highest BCUT2D eigenvalue weighted by Crippen LogP contribution is 2.01. The zero-order chi connectivity index (χ0) is 9.02. The molecule has 0 aliphatic rings. The lowest BCUT2D eigenvalue weighted by Crippen LogP contribution is -2.22. The zero-order valence-electron chi connectivity index (χ0n) is 7.86. The van der Waals surface area contributed by atoms with Crippen LogP contribution in [-0.4, -0.2) is 24.9 Å². The molecule has 0 atom stereocenters. The highest BCUT2D eigenvalue weighted by molar-refractivity contribution is 5.74. The smallest absolute Gasteiger partial charge is 0.221 e. The second kappa shape index (κ2) is 4.01. The first kappa shape index (κ1) is 10.0. The molecule has 0 aromatic carbocycles. The van der Waals surface area contributed by atoms with Gasteiger partial charge in [-0.3, -0.25) is 4.79 Å². The van der Waals surface area contributed by atoms with E-state index in [1.165, 1.54) is 6.92 Å². The average Bonchev–Trinajstić information content (AvgIpc) is 1.84. The molecule has 0 rings (SSSR count). The minimum Gasteiger partial charge on any atom is -0.380 e. The third-order valence-corrected chi connectivity index (χ3v) is 1.58. The third kappa shape index (κ3) is 3.65. The van der Waals surface area contributed by atoms with Gasteiger partial charge in [-0.25, -0.2) is 0 Å². The summed E-state index contributed by atoms with van der Waals surface area (Å²) in [5.41, 5.74) is 1.97. The van der Waals surface area contributed by atoms with Gasteiger partial charge in [-0.1, -0.05) is 0 Å². The Morgan fingerprint density at radius 2 is 1.64 bits per heavy atom. The molecule has 0 fully saturated rings. The van der Waals surface area contributed by atoms with Gasteiger partial charge in [0.1, 0.15) is 0 Å². The van der Waals surface area contributed by atoms with Crippen LogP contribution in [0.3, 0.4) is 0 Å². The lowest BCUT2D eigenvalue weighted by Gasteiger charge is -2.16. The van der Waals surface area contributed by atoms with Gasteiger partial charge in [-0.15, -0.1) is 0 Å². The van der Waals surface area contributed by atoms with Crippen LogP contribution in [-0.2, 0) is 4.79 Å². The number of allylic oxidation sites excluding steroid dienone is 2. The minimum atomic E-state index is -0.0244. The normalized spacial score (nSPS) is 12.1. The van der Waals surface area contributed by atoms with Gasteiger partial charge in [0.15, 0.2) is 0 Å². The van der Waals surface area contributed by atoms with E-state index in [1.54, 1.807) is 0 Å². The van der Waals surface area contributed by atoms with Crippen molar-refractivity contribution in [3.8, 4) is 0 Å². The number of nitrogens with zero attached hydrogens (tertiary/aromatic N) is 1. The lowest BCUT2D eigenvalue weighted by atomic mass is 10.3. The second-order valence-corrected chi connectivity index (χ2v) is 2.79. The van der Waals surface area contributed by atoms with Crippen molar-refractivity contribution in [1.82, 2.24) is 10.2 Å². The molecule has 3 nitrogen and oxygen atoms in total. The topological polar surface area (TPSA) is 32.3 Å². The van der Waals surface area contributed by atoms with Gasteiger partial charge in [-0.05, 0) is 13.8 Å². The number of carbonyl (C=O) groups excluding carboxylic acids is 1. The van der Waals surface area contributed by atoms with Gasteiger partial charge >= 0.3 is 0 Å². The van der Waals surface area contributed by atoms with Crippen LogP contribution in [0, 0.1) is 0 Å². The van der Waals surface area contributed by atoms with Crippen LogP contribution in [0.15, 0.2) is 11.4 Å². The van der Waals surface area contributed by atoms with E-state index in [1.807, 2.05) is 32.8 Å². The zero-order valence-corrected chi connectivity index (χ0v) is 7.86. The van der Waals surface area contributed by atoms with Crippen molar-refractivity contribution in [3.63, 3.8) is 0 Å². The average molecular weight is 156 g/mol. The number of rotatable bonds is 2. The first-order valence-corrected chi connectivity index (χ1v) is 3.57. The van der Waals surface area contributed by atoms with Gasteiger partial charge in [0.05, 0.1) is 0 Å². The van der Waals surface area contributed by atoms with Crippen molar-refractivity contribution in [1.29, 1.82) is 0 Å². The van der Waals surface area contributed by atoms with E-state index in [2.05, 4.69) is 5.32 Å². The van der Waals surface area contributed by atoms with Gasteiger partial charge < -0.3 is 10.2 Å². The van der Waals surface area contributed by atoms with E-state index < -0.39 is 0 Å². The molecule has 0 saturated heterocycles. The number of amides is 1. The lowest BCUT2D eigenvalue weighted by molar-refractivity contribution is -0.118. The van der Waals surface area contributed by atoms with Crippen molar-refractivity contribution in [2.75, 3.05) is 14.1 Å². The predicted octanol–water partition coefficient (Wildman–Crippen LogP) is 0.935. The molecule has 0 aromatic heterocycles. The highest BCUT2D eigenvalue weighted by Gasteiger charge is 1.99. The van der Waals surface area contributed by atoms with Crippen LogP contribution in [0.25, 0.3) is 0 Å². The largest absolute Gasteiger partial charge is 0.380 e. The van der Waals surface area contributed by atoms with Crippen LogP contribution in [0.2, 0.25) is 0 Å². The molecule has 0 unspecified atom stereocenters. The maximum Gasteiger partial charge on any atom is 0.221 e. The van der Waals surface area contributed by atoms with Crippen LogP contribution in [0.5, 0.6) is 0 Å². The summed E-state index contributed by atoms with van der Waals surface area (Å²) in [5, 5.41) is 2.72. The first-order chi connectivity index (χ1) is 4.95. The summed E-state index contributed by atoms with van der Waals surface area (Å²) >= 11 is 0. The molecule has 1 amide bonds. The molecule has 0 saturated carbocycles. The monoisotopic (exact) mass is 156 g/mol. The van der Waals surface area contributed by atoms with Crippen LogP contribution in [0.4, 0.5) is 0 Å². The number of hydrogen-bond donors (Lipinski definition) is 1. The maximum atomic E-state index is 10.6. The standard InChI is InChI=1S/C8H16N2O/c1-6(9-8(3)11)7(2)10(4)5/h1-5H3,(H,9,11)/b7-6-. The van der Waals surface area contributed by atoms with E-state index in [0.29, 0.717) is 0 Å². The molecule has 0 heterocycles. The fraction of sp³-hybridized carbons (Fsp3) is 0.625. The predicted molar refractivity (Wildman–Crippen MR) is 45.9 cm³/mol. The number of hydrogen-bond acceptors (Lipinski definition) is 2. The van der Waals surface area contributed by atoms with Crippen LogP contribution >= 0.6 is 0 Å². The van der Waals surface area contributed by atoms with Gasteiger partial charge in [-0.2, -0.15) is 0 Å². The van der Waals surface area contributed by atoms with Crippen molar-refractivity contribution in [2.24, 2.45) is 0 Å².